The number of methoxy groups -OCH3 is 1. The maximum atomic E-state index is 13.1. The molecule has 0 radical (unpaired) electrons. The Kier molecular flexibility index (Phi) is 7.65. The third-order valence-electron chi connectivity index (χ3n) is 4.76. The number of anilines is 1. The Morgan fingerprint density at radius 2 is 1.87 bits per heavy atom. The van der Waals surface area contributed by atoms with E-state index in [0.717, 1.165) is 40.2 Å². The summed E-state index contributed by atoms with van der Waals surface area (Å²) in [5.41, 5.74) is 1.94. The fourth-order valence-corrected chi connectivity index (χ4v) is 4.25. The highest BCUT2D eigenvalue weighted by Crippen LogP contribution is 2.36. The molecule has 0 saturated carbocycles. The molecule has 6 nitrogen and oxygen atoms in total. The van der Waals surface area contributed by atoms with Gasteiger partial charge >= 0.3 is 0 Å². The van der Waals surface area contributed by atoms with Crippen molar-refractivity contribution in [2.45, 2.75) is 19.8 Å². The predicted molar refractivity (Wildman–Crippen MR) is 123 cm³/mol. The lowest BCUT2D eigenvalue weighted by Crippen LogP contribution is -2.34. The largest absolute Gasteiger partial charge is 0.494 e. The van der Waals surface area contributed by atoms with E-state index in [0.29, 0.717) is 24.7 Å². The first-order valence-corrected chi connectivity index (χ1v) is 10.9. The number of amides is 1. The van der Waals surface area contributed by atoms with Crippen LogP contribution in [0.25, 0.3) is 10.2 Å². The zero-order chi connectivity index (χ0) is 21.5. The minimum atomic E-state index is 0.0142. The van der Waals surface area contributed by atoms with Crippen molar-refractivity contribution in [1.82, 2.24) is 9.88 Å². The number of benzene rings is 2. The van der Waals surface area contributed by atoms with Crippen molar-refractivity contribution >= 4 is 32.6 Å². The number of thiazole rings is 1. The molecule has 0 aliphatic heterocycles. The molecule has 0 unspecified atom stereocenters. The molecule has 0 bridgehead atoms. The zero-order valence-corrected chi connectivity index (χ0v) is 18.9. The second-order valence-corrected chi connectivity index (χ2v) is 8.35. The third kappa shape index (κ3) is 5.49. The third-order valence-corrected chi connectivity index (χ3v) is 5.97. The summed E-state index contributed by atoms with van der Waals surface area (Å²) in [6.07, 6.45) is 1.16. The molecule has 0 atom stereocenters. The first kappa shape index (κ1) is 22.1. The van der Waals surface area contributed by atoms with Crippen molar-refractivity contribution in [2.24, 2.45) is 0 Å². The van der Waals surface area contributed by atoms with E-state index in [9.17, 15) is 4.79 Å². The average Bonchev–Trinajstić information content (AvgIpc) is 3.18. The van der Waals surface area contributed by atoms with Crippen molar-refractivity contribution in [2.75, 3.05) is 45.8 Å². The lowest BCUT2D eigenvalue weighted by Gasteiger charge is -2.21. The summed E-state index contributed by atoms with van der Waals surface area (Å²) in [7, 11) is 5.71. The van der Waals surface area contributed by atoms with Crippen LogP contribution in [0.1, 0.15) is 18.4 Å². The van der Waals surface area contributed by atoms with Crippen LogP contribution in [-0.2, 0) is 4.79 Å². The van der Waals surface area contributed by atoms with Crippen LogP contribution in [-0.4, -0.2) is 56.7 Å². The number of para-hydroxylation sites is 1. The number of ether oxygens (including phenoxy) is 2. The molecule has 160 valence electrons. The maximum absolute atomic E-state index is 13.1. The number of aryl methyl sites for hydroxylation is 1. The quantitative estimate of drug-likeness (QED) is 0.481. The van der Waals surface area contributed by atoms with E-state index in [4.69, 9.17) is 14.5 Å². The number of hydrogen-bond donors (Lipinski definition) is 0. The second kappa shape index (κ2) is 10.4. The molecule has 1 amide bonds. The molecule has 3 aromatic rings. The summed E-state index contributed by atoms with van der Waals surface area (Å²) in [5, 5.41) is 0.709. The van der Waals surface area contributed by atoms with Gasteiger partial charge in [0.05, 0.1) is 24.8 Å². The second-order valence-electron chi connectivity index (χ2n) is 7.37. The molecular formula is C23H29N3O3S. The molecule has 0 aliphatic rings. The molecule has 0 saturated heterocycles. The van der Waals surface area contributed by atoms with Gasteiger partial charge < -0.3 is 14.4 Å². The average molecular weight is 428 g/mol. The predicted octanol–water partition coefficient (Wildman–Crippen LogP) is 4.37. The van der Waals surface area contributed by atoms with Gasteiger partial charge in [-0.2, -0.15) is 0 Å². The minimum absolute atomic E-state index is 0.0142. The van der Waals surface area contributed by atoms with Crippen LogP contribution in [0.4, 0.5) is 5.13 Å². The van der Waals surface area contributed by atoms with Crippen LogP contribution in [0.3, 0.4) is 0 Å². The number of hydrogen-bond acceptors (Lipinski definition) is 6. The number of nitrogens with zero attached hydrogens (tertiary/aromatic N) is 3. The van der Waals surface area contributed by atoms with E-state index < -0.39 is 0 Å². The maximum Gasteiger partial charge on any atom is 0.232 e. The van der Waals surface area contributed by atoms with Crippen LogP contribution >= 0.6 is 11.3 Å². The van der Waals surface area contributed by atoms with Crippen LogP contribution in [0, 0.1) is 6.92 Å². The van der Waals surface area contributed by atoms with Gasteiger partial charge in [-0.05, 0) is 57.7 Å². The molecule has 0 aliphatic carbocycles. The van der Waals surface area contributed by atoms with Crippen molar-refractivity contribution in [1.29, 1.82) is 0 Å². The number of rotatable bonds is 10. The van der Waals surface area contributed by atoms with Gasteiger partial charge in [-0.15, -0.1) is 0 Å². The van der Waals surface area contributed by atoms with Crippen LogP contribution < -0.4 is 14.4 Å². The fourth-order valence-electron chi connectivity index (χ4n) is 3.16. The molecule has 1 heterocycles. The van der Waals surface area contributed by atoms with Crippen LogP contribution in [0.2, 0.25) is 0 Å². The smallest absolute Gasteiger partial charge is 0.232 e. The number of fused-ring (bicyclic) bond motifs is 1. The van der Waals surface area contributed by atoms with Gasteiger partial charge in [0.2, 0.25) is 5.91 Å². The molecule has 0 spiro atoms. The Labute approximate surface area is 182 Å². The summed E-state index contributed by atoms with van der Waals surface area (Å²) in [6.45, 7) is 3.90. The van der Waals surface area contributed by atoms with E-state index in [1.54, 1.807) is 12.0 Å². The highest BCUT2D eigenvalue weighted by atomic mass is 32.1. The molecule has 30 heavy (non-hydrogen) atoms. The van der Waals surface area contributed by atoms with E-state index in [1.807, 2.05) is 56.6 Å². The Morgan fingerprint density at radius 3 is 2.57 bits per heavy atom. The number of carbonyl (C=O) groups excluding carboxylic acids is 1. The Balaban J connectivity index is 1.78. The van der Waals surface area contributed by atoms with E-state index in [1.165, 1.54) is 11.3 Å². The van der Waals surface area contributed by atoms with Crippen molar-refractivity contribution in [3.05, 3.63) is 48.0 Å². The molecule has 2 aromatic carbocycles. The SMILES string of the molecule is COc1ccc(C)c2sc(N(CCCN(C)C)C(=O)CCOc3ccccc3)nc12. The fraction of sp³-hybridized carbons (Fsp3) is 0.391. The van der Waals surface area contributed by atoms with Crippen LogP contribution in [0.15, 0.2) is 42.5 Å². The van der Waals surface area contributed by atoms with E-state index >= 15 is 0 Å². The van der Waals surface area contributed by atoms with E-state index in [2.05, 4.69) is 11.8 Å². The Morgan fingerprint density at radius 1 is 1.10 bits per heavy atom. The van der Waals surface area contributed by atoms with Crippen LogP contribution in [0.5, 0.6) is 11.5 Å². The number of carbonyl (C=O) groups is 1. The Bertz CT molecular complexity index is 972. The molecule has 3 rings (SSSR count). The lowest BCUT2D eigenvalue weighted by molar-refractivity contribution is -0.119. The topological polar surface area (TPSA) is 54.9 Å². The molecular weight excluding hydrogens is 398 g/mol. The molecule has 0 fully saturated rings. The van der Waals surface area contributed by atoms with Gasteiger partial charge in [0, 0.05) is 6.54 Å². The number of aromatic nitrogens is 1. The van der Waals surface area contributed by atoms with Gasteiger partial charge in [0.1, 0.15) is 17.0 Å². The van der Waals surface area contributed by atoms with Gasteiger partial charge in [-0.25, -0.2) is 4.98 Å². The zero-order valence-electron chi connectivity index (χ0n) is 18.1. The summed E-state index contributed by atoms with van der Waals surface area (Å²) in [4.78, 5) is 21.8. The van der Waals surface area contributed by atoms with Gasteiger partial charge in [0.25, 0.3) is 0 Å². The van der Waals surface area contributed by atoms with Crippen molar-refractivity contribution in [3.63, 3.8) is 0 Å². The highest BCUT2D eigenvalue weighted by Gasteiger charge is 2.21. The Hall–Kier alpha value is -2.64. The first-order valence-electron chi connectivity index (χ1n) is 10.1. The van der Waals surface area contributed by atoms with Crippen molar-refractivity contribution in [3.8, 4) is 11.5 Å². The van der Waals surface area contributed by atoms with Gasteiger partial charge in [-0.1, -0.05) is 35.6 Å². The monoisotopic (exact) mass is 427 g/mol. The molecule has 1 aromatic heterocycles. The van der Waals surface area contributed by atoms with Gasteiger partial charge in [-0.3, -0.25) is 9.69 Å². The molecule has 7 heteroatoms. The van der Waals surface area contributed by atoms with E-state index in [-0.39, 0.29) is 5.91 Å². The van der Waals surface area contributed by atoms with Crippen molar-refractivity contribution < 1.29 is 14.3 Å². The molecule has 0 N–H and O–H groups in total. The summed E-state index contributed by atoms with van der Waals surface area (Å²) >= 11 is 1.54. The summed E-state index contributed by atoms with van der Waals surface area (Å²) in [6, 6.07) is 13.5. The highest BCUT2D eigenvalue weighted by molar-refractivity contribution is 7.22. The van der Waals surface area contributed by atoms with Gasteiger partial charge in [0.15, 0.2) is 5.13 Å². The first-order chi connectivity index (χ1) is 14.5. The normalized spacial score (nSPS) is 11.1. The summed E-state index contributed by atoms with van der Waals surface area (Å²) < 4.78 is 12.3. The summed E-state index contributed by atoms with van der Waals surface area (Å²) in [5.74, 6) is 1.51. The minimum Gasteiger partial charge on any atom is -0.494 e. The standard InChI is InChI=1S/C23H29N3O3S/c1-17-11-12-19(28-4)21-22(17)30-23(24-21)26(15-8-14-25(2)3)20(27)13-16-29-18-9-6-5-7-10-18/h5-7,9-12H,8,13-16H2,1-4H3. The lowest BCUT2D eigenvalue weighted by atomic mass is 10.2.